The Morgan fingerprint density at radius 2 is 1.88 bits per heavy atom. The second-order valence-corrected chi connectivity index (χ2v) is 4.70. The number of carbonyl (C=O) groups excluding carboxylic acids is 1. The first-order valence-electron chi connectivity index (χ1n) is 6.52. The zero-order chi connectivity index (χ0) is 13.1. The van der Waals surface area contributed by atoms with E-state index in [1.54, 1.807) is 11.9 Å². The van der Waals surface area contributed by atoms with Crippen molar-refractivity contribution in [2.75, 3.05) is 32.4 Å². The first kappa shape index (κ1) is 16.6. The van der Waals surface area contributed by atoms with Crippen molar-refractivity contribution in [1.29, 1.82) is 0 Å². The summed E-state index contributed by atoms with van der Waals surface area (Å²) in [6.45, 7) is 9.58. The second-order valence-electron chi connectivity index (χ2n) is 4.00. The normalized spacial score (nSPS) is 16.1. The van der Waals surface area contributed by atoms with E-state index in [0.29, 0.717) is 6.54 Å². The molecule has 0 radical (unpaired) electrons. The summed E-state index contributed by atoms with van der Waals surface area (Å²) in [6.07, 6.45) is 4.25. The van der Waals surface area contributed by atoms with Crippen molar-refractivity contribution in [2.24, 2.45) is 5.92 Å². The molecule has 0 aliphatic carbocycles. The molecule has 0 bridgehead atoms. The highest BCUT2D eigenvalue weighted by atomic mass is 32.2. The molecule has 0 aromatic carbocycles. The zero-order valence-electron chi connectivity index (χ0n) is 11.6. The minimum Gasteiger partial charge on any atom is -0.337 e. The first-order valence-corrected chi connectivity index (χ1v) is 7.75. The van der Waals surface area contributed by atoms with E-state index in [4.69, 9.17) is 0 Å². The van der Waals surface area contributed by atoms with Gasteiger partial charge in [0.25, 0.3) is 0 Å². The lowest BCUT2D eigenvalue weighted by molar-refractivity contribution is 0.174. The monoisotopic (exact) mass is 261 g/mol. The van der Waals surface area contributed by atoms with E-state index in [9.17, 15) is 4.79 Å². The molecule has 0 aromatic rings. The molecule has 0 spiro atoms. The van der Waals surface area contributed by atoms with Gasteiger partial charge in [0.15, 0.2) is 0 Å². The van der Waals surface area contributed by atoms with Gasteiger partial charge in [-0.15, -0.1) is 0 Å². The number of nitrogens with zero attached hydrogens (tertiary/aromatic N) is 1. The van der Waals surface area contributed by atoms with Crippen LogP contribution in [-0.2, 0) is 0 Å². The summed E-state index contributed by atoms with van der Waals surface area (Å²) in [5, 5.41) is 2.91. The Morgan fingerprint density at radius 1 is 1.29 bits per heavy atom. The van der Waals surface area contributed by atoms with Gasteiger partial charge in [0, 0.05) is 26.2 Å². The van der Waals surface area contributed by atoms with Crippen LogP contribution in [0.1, 0.15) is 33.6 Å². The molecule has 17 heavy (non-hydrogen) atoms. The van der Waals surface area contributed by atoms with Gasteiger partial charge in [0.2, 0.25) is 0 Å². The van der Waals surface area contributed by atoms with Crippen molar-refractivity contribution in [1.82, 2.24) is 14.9 Å². The minimum absolute atomic E-state index is 0.0878. The van der Waals surface area contributed by atoms with Crippen molar-refractivity contribution in [3.05, 3.63) is 0 Å². The van der Waals surface area contributed by atoms with E-state index in [1.807, 2.05) is 25.0 Å². The summed E-state index contributed by atoms with van der Waals surface area (Å²) < 4.78 is 3.10. The Labute approximate surface area is 110 Å². The molecule has 1 aliphatic heterocycles. The lowest BCUT2D eigenvalue weighted by Crippen LogP contribution is -2.45. The average molecular weight is 261 g/mol. The van der Waals surface area contributed by atoms with Gasteiger partial charge in [0.05, 0.1) is 0 Å². The number of likely N-dealkylation sites (tertiary alicyclic amines) is 1. The highest BCUT2D eigenvalue weighted by Crippen LogP contribution is 2.15. The summed E-state index contributed by atoms with van der Waals surface area (Å²) in [5.41, 5.74) is 0. The fourth-order valence-corrected chi connectivity index (χ4v) is 1.95. The standard InChI is InChI=1S/C10H21N3OS.C2H6/c1-9-3-7-13(8-4-9)10(14)11-5-6-12-15-2;1-2/h9,12H,3-8H2,1-2H3,(H,11,14);1-2H3. The van der Waals surface area contributed by atoms with Crippen LogP contribution >= 0.6 is 11.9 Å². The topological polar surface area (TPSA) is 44.4 Å². The van der Waals surface area contributed by atoms with E-state index in [2.05, 4.69) is 17.0 Å². The van der Waals surface area contributed by atoms with Crippen LogP contribution in [0.25, 0.3) is 0 Å². The third-order valence-electron chi connectivity index (χ3n) is 2.72. The Balaban J connectivity index is 0.00000121. The Morgan fingerprint density at radius 3 is 2.41 bits per heavy atom. The van der Waals surface area contributed by atoms with Crippen LogP contribution in [0.5, 0.6) is 0 Å². The number of nitrogens with one attached hydrogen (secondary N) is 2. The highest BCUT2D eigenvalue weighted by Gasteiger charge is 2.19. The lowest BCUT2D eigenvalue weighted by atomic mass is 10.00. The van der Waals surface area contributed by atoms with Crippen LogP contribution in [-0.4, -0.2) is 43.4 Å². The van der Waals surface area contributed by atoms with Crippen molar-refractivity contribution in [3.8, 4) is 0 Å². The van der Waals surface area contributed by atoms with Crippen LogP contribution in [0.2, 0.25) is 0 Å². The molecule has 1 heterocycles. The third kappa shape index (κ3) is 7.49. The van der Waals surface area contributed by atoms with Gasteiger partial charge in [-0.3, -0.25) is 4.72 Å². The first-order chi connectivity index (χ1) is 8.24. The highest BCUT2D eigenvalue weighted by molar-refractivity contribution is 7.96. The van der Waals surface area contributed by atoms with E-state index in [0.717, 1.165) is 38.4 Å². The SMILES string of the molecule is CC.CSNCCNC(=O)N1CCC(C)CC1. The molecule has 4 nitrogen and oxygen atoms in total. The fraction of sp³-hybridized carbons (Fsp3) is 0.917. The molecule has 0 unspecified atom stereocenters. The van der Waals surface area contributed by atoms with Crippen LogP contribution in [0.4, 0.5) is 4.79 Å². The number of amides is 2. The van der Waals surface area contributed by atoms with E-state index < -0.39 is 0 Å². The maximum Gasteiger partial charge on any atom is 0.317 e. The number of rotatable bonds is 4. The number of hydrogen-bond donors (Lipinski definition) is 2. The average Bonchev–Trinajstić information content (AvgIpc) is 2.38. The van der Waals surface area contributed by atoms with Crippen molar-refractivity contribution >= 4 is 18.0 Å². The van der Waals surface area contributed by atoms with Gasteiger partial charge in [-0.25, -0.2) is 4.79 Å². The molecule has 102 valence electrons. The van der Waals surface area contributed by atoms with Gasteiger partial charge in [-0.05, 0) is 25.0 Å². The number of piperidine rings is 1. The van der Waals surface area contributed by atoms with Gasteiger partial charge in [-0.2, -0.15) is 0 Å². The molecule has 2 N–H and O–H groups in total. The molecule has 5 heteroatoms. The fourth-order valence-electron chi connectivity index (χ4n) is 1.65. The second kappa shape index (κ2) is 10.7. The molecule has 1 fully saturated rings. The quantitative estimate of drug-likeness (QED) is 0.603. The predicted octanol–water partition coefficient (Wildman–Crippen LogP) is 2.32. The molecule has 0 aromatic heterocycles. The molecular formula is C12H27N3OS. The van der Waals surface area contributed by atoms with Crippen molar-refractivity contribution < 1.29 is 4.79 Å². The minimum atomic E-state index is 0.0878. The summed E-state index contributed by atoms with van der Waals surface area (Å²) >= 11 is 1.57. The van der Waals surface area contributed by atoms with Crippen LogP contribution < -0.4 is 10.0 Å². The Hall–Kier alpha value is -0.420. The molecule has 2 amide bonds. The molecule has 1 rings (SSSR count). The molecule has 0 saturated carbocycles. The third-order valence-corrected chi connectivity index (χ3v) is 3.21. The van der Waals surface area contributed by atoms with Gasteiger partial charge < -0.3 is 10.2 Å². The van der Waals surface area contributed by atoms with Crippen molar-refractivity contribution in [3.63, 3.8) is 0 Å². The number of urea groups is 1. The number of carbonyl (C=O) groups is 1. The lowest BCUT2D eigenvalue weighted by Gasteiger charge is -2.30. The van der Waals surface area contributed by atoms with E-state index >= 15 is 0 Å². The Bertz CT molecular complexity index is 194. The van der Waals surface area contributed by atoms with Crippen LogP contribution in [0, 0.1) is 5.92 Å². The van der Waals surface area contributed by atoms with E-state index in [-0.39, 0.29) is 6.03 Å². The Kier molecular flexibility index (Phi) is 10.5. The predicted molar refractivity (Wildman–Crippen MR) is 76.2 cm³/mol. The molecular weight excluding hydrogens is 234 g/mol. The largest absolute Gasteiger partial charge is 0.337 e. The maximum absolute atomic E-state index is 11.6. The van der Waals surface area contributed by atoms with Gasteiger partial charge in [-0.1, -0.05) is 32.7 Å². The molecule has 1 saturated heterocycles. The summed E-state index contributed by atoms with van der Waals surface area (Å²) in [7, 11) is 0. The maximum atomic E-state index is 11.6. The smallest absolute Gasteiger partial charge is 0.317 e. The summed E-state index contributed by atoms with van der Waals surface area (Å²) in [5.74, 6) is 0.771. The van der Waals surface area contributed by atoms with Crippen LogP contribution in [0.3, 0.4) is 0 Å². The summed E-state index contributed by atoms with van der Waals surface area (Å²) in [6, 6.07) is 0.0878. The van der Waals surface area contributed by atoms with Crippen LogP contribution in [0.15, 0.2) is 0 Å². The van der Waals surface area contributed by atoms with Gasteiger partial charge in [0.1, 0.15) is 0 Å². The molecule has 1 aliphatic rings. The van der Waals surface area contributed by atoms with Crippen molar-refractivity contribution in [2.45, 2.75) is 33.6 Å². The number of hydrogen-bond acceptors (Lipinski definition) is 3. The van der Waals surface area contributed by atoms with Gasteiger partial charge >= 0.3 is 6.03 Å². The van der Waals surface area contributed by atoms with E-state index in [1.165, 1.54) is 0 Å². The zero-order valence-corrected chi connectivity index (χ0v) is 12.4. The molecule has 0 atom stereocenters. The summed E-state index contributed by atoms with van der Waals surface area (Å²) in [4.78, 5) is 13.6.